The van der Waals surface area contributed by atoms with Gasteiger partial charge in [-0.3, -0.25) is 4.79 Å². The number of carbonyl (C=O) groups excluding carboxylic acids is 1. The minimum absolute atomic E-state index is 0.00354. The van der Waals surface area contributed by atoms with E-state index in [1.54, 1.807) is 6.07 Å². The Morgan fingerprint density at radius 3 is 2.52 bits per heavy atom. The summed E-state index contributed by atoms with van der Waals surface area (Å²) in [6, 6.07) is 3.78. The van der Waals surface area contributed by atoms with Crippen molar-refractivity contribution < 1.29 is 19.4 Å². The monoisotopic (exact) mass is 319 g/mol. The molecule has 0 bridgehead atoms. The predicted octanol–water partition coefficient (Wildman–Crippen LogP) is 2.39. The van der Waals surface area contributed by atoms with Crippen LogP contribution in [-0.2, 0) is 16.0 Å². The second kappa shape index (κ2) is 7.51. The highest BCUT2D eigenvalue weighted by atomic mass is 16.5. The maximum absolute atomic E-state index is 12.0. The van der Waals surface area contributed by atoms with Crippen molar-refractivity contribution in [3.8, 4) is 11.5 Å². The highest BCUT2D eigenvalue weighted by Gasteiger charge is 2.37. The molecule has 2 atom stereocenters. The first kappa shape index (κ1) is 17.3. The van der Waals surface area contributed by atoms with Crippen LogP contribution in [0.1, 0.15) is 29.9 Å². The predicted molar refractivity (Wildman–Crippen MR) is 88.9 cm³/mol. The van der Waals surface area contributed by atoms with E-state index in [2.05, 4.69) is 5.32 Å². The Morgan fingerprint density at radius 1 is 1.22 bits per heavy atom. The van der Waals surface area contributed by atoms with Gasteiger partial charge in [0.15, 0.2) is 23.0 Å². The number of allylic oxidation sites excluding steroid dienone is 2. The van der Waals surface area contributed by atoms with E-state index in [1.165, 1.54) is 14.2 Å². The molecule has 0 spiro atoms. The minimum atomic E-state index is 0.00354. The normalized spacial score (nSPS) is 22.1. The number of phenols is 1. The Hall–Kier alpha value is -2.01. The third-order valence-electron chi connectivity index (χ3n) is 4.39. The molecule has 0 aliphatic heterocycles. The molecule has 5 heteroatoms. The number of rotatable bonds is 2. The lowest BCUT2D eigenvalue weighted by atomic mass is 9.70. The molecule has 2 aliphatic rings. The molecule has 0 amide bonds. The Bertz CT molecular complexity index is 609. The first-order valence-electron chi connectivity index (χ1n) is 7.83. The van der Waals surface area contributed by atoms with Gasteiger partial charge in [0.1, 0.15) is 0 Å². The molecule has 0 heterocycles. The van der Waals surface area contributed by atoms with Gasteiger partial charge in [-0.05, 0) is 50.6 Å². The number of fused-ring (bicyclic) bond motifs is 3. The number of benzene rings is 1. The van der Waals surface area contributed by atoms with Gasteiger partial charge in [-0.2, -0.15) is 0 Å². The van der Waals surface area contributed by atoms with Gasteiger partial charge in [0.25, 0.3) is 0 Å². The number of aryl methyl sites for hydroxylation is 1. The van der Waals surface area contributed by atoms with E-state index in [9.17, 15) is 9.90 Å². The van der Waals surface area contributed by atoms with Gasteiger partial charge < -0.3 is 19.9 Å². The number of methoxy groups -OCH3 is 2. The summed E-state index contributed by atoms with van der Waals surface area (Å²) in [5.41, 5.74) is 1.99. The van der Waals surface area contributed by atoms with Gasteiger partial charge in [-0.25, -0.2) is 0 Å². The second-order valence-electron chi connectivity index (χ2n) is 5.86. The topological polar surface area (TPSA) is 67.8 Å². The van der Waals surface area contributed by atoms with Crippen molar-refractivity contribution in [2.45, 2.75) is 25.2 Å². The van der Waals surface area contributed by atoms with Gasteiger partial charge in [0, 0.05) is 17.9 Å². The number of phenolic OH excluding ortho intramolecular Hbond substituents is 1. The van der Waals surface area contributed by atoms with Crippen molar-refractivity contribution in [1.29, 1.82) is 0 Å². The molecule has 2 aliphatic carbocycles. The number of hydrogen-bond donors (Lipinski definition) is 2. The number of aromatic hydroxyl groups is 1. The van der Waals surface area contributed by atoms with Crippen LogP contribution < -0.4 is 10.1 Å². The lowest BCUT2D eigenvalue weighted by Gasteiger charge is -2.35. The lowest BCUT2D eigenvalue weighted by Crippen LogP contribution is -2.27. The average Bonchev–Trinajstić information content (AvgIpc) is 2.55. The van der Waals surface area contributed by atoms with Crippen LogP contribution in [0.5, 0.6) is 11.5 Å². The molecule has 0 fully saturated rings. The molecule has 0 radical (unpaired) electrons. The summed E-state index contributed by atoms with van der Waals surface area (Å²) in [7, 11) is 6.82. The van der Waals surface area contributed by atoms with Gasteiger partial charge in [-0.1, -0.05) is 6.07 Å². The zero-order chi connectivity index (χ0) is 17.0. The standard InChI is InChI=1S/C16H18O4.C2H7N/c1-19-13-6-5-9-3-4-10-7-14(20-2)12(17)8-11(10)15(9)16(13)18;1-3-2/h5-7,10-11,18H,3-4,8H2,1-2H3;3H,1-2H3. The molecule has 2 unspecified atom stereocenters. The van der Waals surface area contributed by atoms with Crippen LogP contribution >= 0.6 is 0 Å². The van der Waals surface area contributed by atoms with E-state index in [-0.39, 0.29) is 23.4 Å². The van der Waals surface area contributed by atoms with E-state index < -0.39 is 0 Å². The van der Waals surface area contributed by atoms with Gasteiger partial charge in [0.2, 0.25) is 0 Å². The van der Waals surface area contributed by atoms with Crippen LogP contribution in [0.3, 0.4) is 0 Å². The lowest BCUT2D eigenvalue weighted by molar-refractivity contribution is -0.119. The van der Waals surface area contributed by atoms with Crippen molar-refractivity contribution in [3.05, 3.63) is 35.1 Å². The van der Waals surface area contributed by atoms with Gasteiger partial charge in [-0.15, -0.1) is 0 Å². The van der Waals surface area contributed by atoms with Crippen molar-refractivity contribution >= 4 is 5.78 Å². The van der Waals surface area contributed by atoms with Crippen LogP contribution in [0.15, 0.2) is 24.0 Å². The smallest absolute Gasteiger partial charge is 0.197 e. The summed E-state index contributed by atoms with van der Waals surface area (Å²) in [6.45, 7) is 0. The van der Waals surface area contributed by atoms with Crippen LogP contribution in [0, 0.1) is 5.92 Å². The van der Waals surface area contributed by atoms with E-state index in [0.29, 0.717) is 17.9 Å². The minimum Gasteiger partial charge on any atom is -0.504 e. The third kappa shape index (κ3) is 3.34. The van der Waals surface area contributed by atoms with E-state index in [1.807, 2.05) is 26.2 Å². The molecule has 126 valence electrons. The molecule has 3 rings (SSSR count). The number of carbonyl (C=O) groups is 1. The third-order valence-corrected chi connectivity index (χ3v) is 4.39. The molecule has 2 N–H and O–H groups in total. The van der Waals surface area contributed by atoms with Crippen molar-refractivity contribution in [3.63, 3.8) is 0 Å². The van der Waals surface area contributed by atoms with E-state index in [0.717, 1.165) is 24.0 Å². The Balaban J connectivity index is 0.000000595. The molecule has 1 aromatic rings. The number of nitrogens with one attached hydrogen (secondary N) is 1. The van der Waals surface area contributed by atoms with E-state index in [4.69, 9.17) is 9.47 Å². The van der Waals surface area contributed by atoms with Crippen LogP contribution in [0.2, 0.25) is 0 Å². The Kier molecular flexibility index (Phi) is 5.66. The summed E-state index contributed by atoms with van der Waals surface area (Å²) in [6.07, 6.45) is 4.18. The number of hydrogen-bond acceptors (Lipinski definition) is 5. The molecule has 23 heavy (non-hydrogen) atoms. The molecule has 0 saturated heterocycles. The van der Waals surface area contributed by atoms with Crippen molar-refractivity contribution in [1.82, 2.24) is 5.32 Å². The summed E-state index contributed by atoms with van der Waals surface area (Å²) in [5.74, 6) is 1.38. The Labute approximate surface area is 137 Å². The summed E-state index contributed by atoms with van der Waals surface area (Å²) < 4.78 is 10.3. The fourth-order valence-electron chi connectivity index (χ4n) is 3.39. The zero-order valence-electron chi connectivity index (χ0n) is 14.2. The van der Waals surface area contributed by atoms with Gasteiger partial charge >= 0.3 is 0 Å². The van der Waals surface area contributed by atoms with E-state index >= 15 is 0 Å². The highest BCUT2D eigenvalue weighted by Crippen LogP contribution is 2.48. The number of ketones is 1. The first-order chi connectivity index (χ1) is 11.1. The molecule has 5 nitrogen and oxygen atoms in total. The fourth-order valence-corrected chi connectivity index (χ4v) is 3.39. The summed E-state index contributed by atoms with van der Waals surface area (Å²) in [5, 5.41) is 13.1. The Morgan fingerprint density at radius 2 is 1.91 bits per heavy atom. The summed E-state index contributed by atoms with van der Waals surface area (Å²) >= 11 is 0. The molecule has 0 aromatic heterocycles. The zero-order valence-corrected chi connectivity index (χ0v) is 14.2. The molecular weight excluding hydrogens is 294 g/mol. The van der Waals surface area contributed by atoms with Crippen molar-refractivity contribution in [2.75, 3.05) is 28.3 Å². The second-order valence-corrected chi connectivity index (χ2v) is 5.86. The van der Waals surface area contributed by atoms with Crippen molar-refractivity contribution in [2.24, 2.45) is 5.92 Å². The number of ether oxygens (including phenoxy) is 2. The van der Waals surface area contributed by atoms with Crippen LogP contribution in [0.4, 0.5) is 0 Å². The maximum Gasteiger partial charge on any atom is 0.197 e. The average molecular weight is 319 g/mol. The first-order valence-corrected chi connectivity index (χ1v) is 7.83. The quantitative estimate of drug-likeness (QED) is 0.876. The largest absolute Gasteiger partial charge is 0.504 e. The summed E-state index contributed by atoms with van der Waals surface area (Å²) in [4.78, 5) is 12.0. The molecular formula is C18H25NO4. The maximum atomic E-state index is 12.0. The van der Waals surface area contributed by atoms with Crippen LogP contribution in [-0.4, -0.2) is 39.2 Å². The molecule has 1 aromatic carbocycles. The number of Topliss-reactive ketones (excluding diaryl/α,β-unsaturated/α-hetero) is 1. The molecule has 0 saturated carbocycles. The van der Waals surface area contributed by atoms with Crippen LogP contribution in [0.25, 0.3) is 0 Å². The fraction of sp³-hybridized carbons (Fsp3) is 0.500. The SMILES string of the molecule is CNC.COC1=CC2CCc3ccc(OC)c(O)c3C2CC1=O. The van der Waals surface area contributed by atoms with Gasteiger partial charge in [0.05, 0.1) is 14.2 Å². The highest BCUT2D eigenvalue weighted by molar-refractivity contribution is 5.95.